The van der Waals surface area contributed by atoms with E-state index in [1.165, 1.54) is 11.1 Å². The Kier molecular flexibility index (Phi) is 8.18. The molecule has 0 spiro atoms. The first-order valence-corrected chi connectivity index (χ1v) is 15.9. The molecule has 230 valence electrons. The van der Waals surface area contributed by atoms with Crippen LogP contribution in [0.3, 0.4) is 0 Å². The number of methoxy groups -OCH3 is 1. The molecule has 0 radical (unpaired) electrons. The van der Waals surface area contributed by atoms with Gasteiger partial charge in [-0.2, -0.15) is 5.10 Å². The van der Waals surface area contributed by atoms with Gasteiger partial charge < -0.3 is 14.6 Å². The number of hydrogen-bond acceptors (Lipinski definition) is 7. The Morgan fingerprint density at radius 2 is 1.78 bits per heavy atom. The molecule has 6 rings (SSSR count). The van der Waals surface area contributed by atoms with E-state index in [-0.39, 0.29) is 25.4 Å². The molecule has 3 aromatic carbocycles. The molecular formula is C35H33N3O6S. The van der Waals surface area contributed by atoms with Crippen LogP contribution in [0, 0.1) is 0 Å². The summed E-state index contributed by atoms with van der Waals surface area (Å²) in [5.41, 5.74) is 4.85. The van der Waals surface area contributed by atoms with Crippen LogP contribution in [0.4, 0.5) is 0 Å². The largest absolute Gasteiger partial charge is 0.469 e. The molecule has 0 fully saturated rings. The van der Waals surface area contributed by atoms with Gasteiger partial charge in [0.05, 0.1) is 37.9 Å². The maximum atomic E-state index is 13.7. The standard InChI is InChI=1S/C35H33N3O6S/c1-35(15-11-25(24-39)12-16-35)45(41,42)38-18-13-29-22-31(9-10-33(29)38)44-30-8-4-7-28(21-30)32-14-17-37(36-32)23-27-6-3-5-26(19-27)20-34(40)43-2/h3-15,17-19,21-22,39H,16,20,23-24H2,1-2H3. The predicted octanol–water partition coefficient (Wildman–Crippen LogP) is 5.88. The van der Waals surface area contributed by atoms with Crippen LogP contribution in [0.5, 0.6) is 11.5 Å². The van der Waals surface area contributed by atoms with E-state index < -0.39 is 14.8 Å². The molecule has 0 aliphatic heterocycles. The second kappa shape index (κ2) is 12.2. The topological polar surface area (TPSA) is 113 Å². The second-order valence-electron chi connectivity index (χ2n) is 11.2. The van der Waals surface area contributed by atoms with Gasteiger partial charge >= 0.3 is 5.97 Å². The number of carbonyl (C=O) groups is 1. The molecule has 0 saturated carbocycles. The van der Waals surface area contributed by atoms with Crippen molar-refractivity contribution in [3.63, 3.8) is 0 Å². The fraction of sp³-hybridized carbons (Fsp3) is 0.200. The van der Waals surface area contributed by atoms with Crippen molar-refractivity contribution in [2.45, 2.75) is 31.1 Å². The fourth-order valence-electron chi connectivity index (χ4n) is 5.38. The summed E-state index contributed by atoms with van der Waals surface area (Å²) in [6.45, 7) is 2.12. The zero-order valence-corrected chi connectivity index (χ0v) is 25.8. The average molecular weight is 624 g/mol. The number of aliphatic hydroxyl groups excluding tert-OH is 1. The van der Waals surface area contributed by atoms with Crippen molar-refractivity contribution in [3.05, 3.63) is 126 Å². The minimum absolute atomic E-state index is 0.121. The van der Waals surface area contributed by atoms with Gasteiger partial charge in [0.1, 0.15) is 16.2 Å². The number of aliphatic hydroxyl groups is 1. The van der Waals surface area contributed by atoms with Gasteiger partial charge in [0.25, 0.3) is 0 Å². The Bertz CT molecular complexity index is 2060. The molecule has 0 bridgehead atoms. The lowest BCUT2D eigenvalue weighted by Crippen LogP contribution is -2.38. The first kappa shape index (κ1) is 30.1. The predicted molar refractivity (Wildman–Crippen MR) is 173 cm³/mol. The van der Waals surface area contributed by atoms with Gasteiger partial charge in [-0.25, -0.2) is 12.4 Å². The average Bonchev–Trinajstić information content (AvgIpc) is 3.69. The van der Waals surface area contributed by atoms with Crippen molar-refractivity contribution in [2.75, 3.05) is 13.7 Å². The van der Waals surface area contributed by atoms with Gasteiger partial charge in [0.15, 0.2) is 0 Å². The maximum absolute atomic E-state index is 13.7. The van der Waals surface area contributed by atoms with Crippen molar-refractivity contribution < 1.29 is 27.8 Å². The number of fused-ring (bicyclic) bond motifs is 1. The van der Waals surface area contributed by atoms with E-state index >= 15 is 0 Å². The highest BCUT2D eigenvalue weighted by Gasteiger charge is 2.39. The summed E-state index contributed by atoms with van der Waals surface area (Å²) >= 11 is 0. The number of ether oxygens (including phenoxy) is 2. The molecule has 1 N–H and O–H groups in total. The molecule has 10 heteroatoms. The maximum Gasteiger partial charge on any atom is 0.309 e. The third kappa shape index (κ3) is 6.20. The normalized spacial score (nSPS) is 16.5. The lowest BCUT2D eigenvalue weighted by atomic mass is 9.98. The molecule has 9 nitrogen and oxygen atoms in total. The monoisotopic (exact) mass is 623 g/mol. The smallest absolute Gasteiger partial charge is 0.309 e. The summed E-state index contributed by atoms with van der Waals surface area (Å²) in [6, 6.07) is 24.5. The van der Waals surface area contributed by atoms with Gasteiger partial charge in [-0.1, -0.05) is 54.6 Å². The molecule has 5 aromatic rings. The Labute approximate surface area is 261 Å². The zero-order valence-electron chi connectivity index (χ0n) is 25.0. The highest BCUT2D eigenvalue weighted by molar-refractivity contribution is 7.91. The highest BCUT2D eigenvalue weighted by atomic mass is 32.2. The molecule has 0 saturated heterocycles. The van der Waals surface area contributed by atoms with Crippen LogP contribution in [-0.2, 0) is 32.5 Å². The van der Waals surface area contributed by atoms with Gasteiger partial charge in [0, 0.05) is 23.3 Å². The van der Waals surface area contributed by atoms with Gasteiger partial charge in [0.2, 0.25) is 10.0 Å². The summed E-state index contributed by atoms with van der Waals surface area (Å²) in [7, 11) is -2.39. The highest BCUT2D eigenvalue weighted by Crippen LogP contribution is 2.34. The summed E-state index contributed by atoms with van der Waals surface area (Å²) < 4.78 is 40.3. The molecule has 45 heavy (non-hydrogen) atoms. The molecule has 1 atom stereocenters. The first-order chi connectivity index (χ1) is 21.7. The van der Waals surface area contributed by atoms with E-state index in [1.807, 2.05) is 71.5 Å². The summed E-state index contributed by atoms with van der Waals surface area (Å²) in [4.78, 5) is 11.6. The molecule has 0 amide bonds. The Morgan fingerprint density at radius 1 is 0.978 bits per heavy atom. The van der Waals surface area contributed by atoms with E-state index in [0.29, 0.717) is 29.1 Å². The van der Waals surface area contributed by atoms with Crippen molar-refractivity contribution >= 4 is 26.9 Å². The second-order valence-corrected chi connectivity index (χ2v) is 13.5. The number of hydrogen-bond donors (Lipinski definition) is 1. The van der Waals surface area contributed by atoms with E-state index in [2.05, 4.69) is 0 Å². The SMILES string of the molecule is COC(=O)Cc1cccc(Cn2ccc(-c3cccc(Oc4ccc5c(ccn5S(=O)(=O)C5(C)C=CC(CO)=CC5)c4)c3)n2)c1. The van der Waals surface area contributed by atoms with E-state index in [1.54, 1.807) is 49.5 Å². The Morgan fingerprint density at radius 3 is 2.56 bits per heavy atom. The Balaban J connectivity index is 1.17. The number of allylic oxidation sites excluding steroid dienone is 1. The van der Waals surface area contributed by atoms with Gasteiger partial charge in [-0.3, -0.25) is 9.48 Å². The first-order valence-electron chi connectivity index (χ1n) is 14.5. The minimum atomic E-state index is -3.78. The van der Waals surface area contributed by atoms with E-state index in [0.717, 1.165) is 27.8 Å². The third-order valence-corrected chi connectivity index (χ3v) is 10.3. The van der Waals surface area contributed by atoms with Crippen LogP contribution in [0.15, 0.2) is 115 Å². The fourth-order valence-corrected chi connectivity index (χ4v) is 7.01. The quantitative estimate of drug-likeness (QED) is 0.194. The molecule has 2 heterocycles. The van der Waals surface area contributed by atoms with Gasteiger partial charge in [-0.05, 0) is 72.5 Å². The number of nitrogens with zero attached hydrogens (tertiary/aromatic N) is 3. The van der Waals surface area contributed by atoms with Crippen LogP contribution < -0.4 is 4.74 Å². The molecule has 1 aliphatic carbocycles. The van der Waals surface area contributed by atoms with Crippen LogP contribution in [0.2, 0.25) is 0 Å². The lowest BCUT2D eigenvalue weighted by molar-refractivity contribution is -0.139. The van der Waals surface area contributed by atoms with Crippen LogP contribution in [0.1, 0.15) is 24.5 Å². The van der Waals surface area contributed by atoms with Crippen molar-refractivity contribution in [1.82, 2.24) is 13.8 Å². The van der Waals surface area contributed by atoms with Crippen LogP contribution in [-0.4, -0.2) is 51.7 Å². The molecule has 1 aliphatic rings. The number of rotatable bonds is 10. The summed E-state index contributed by atoms with van der Waals surface area (Å²) in [5, 5.41) is 14.9. The number of esters is 1. The van der Waals surface area contributed by atoms with E-state index in [9.17, 15) is 18.3 Å². The van der Waals surface area contributed by atoms with Crippen LogP contribution in [0.25, 0.3) is 22.2 Å². The third-order valence-electron chi connectivity index (χ3n) is 7.99. The Hall–Kier alpha value is -4.93. The van der Waals surface area contributed by atoms with Crippen molar-refractivity contribution in [1.29, 1.82) is 0 Å². The molecular weight excluding hydrogens is 590 g/mol. The zero-order chi connectivity index (χ0) is 31.6. The minimum Gasteiger partial charge on any atom is -0.469 e. The van der Waals surface area contributed by atoms with E-state index in [4.69, 9.17) is 14.6 Å². The number of carbonyl (C=O) groups excluding carboxylic acids is 1. The van der Waals surface area contributed by atoms with Gasteiger partial charge in [-0.15, -0.1) is 0 Å². The number of aromatic nitrogens is 3. The molecule has 2 aromatic heterocycles. The van der Waals surface area contributed by atoms with Crippen molar-refractivity contribution in [3.8, 4) is 22.8 Å². The molecule has 1 unspecified atom stereocenters. The van der Waals surface area contributed by atoms with Crippen molar-refractivity contribution in [2.24, 2.45) is 0 Å². The lowest BCUT2D eigenvalue weighted by Gasteiger charge is -2.28. The summed E-state index contributed by atoms with van der Waals surface area (Å²) in [6.07, 6.45) is 9.07. The summed E-state index contributed by atoms with van der Waals surface area (Å²) in [5.74, 6) is 0.918. The van der Waals surface area contributed by atoms with Crippen LogP contribution >= 0.6 is 0 Å². The number of benzene rings is 3.